The quantitative estimate of drug-likeness (QED) is 0.804. The van der Waals surface area contributed by atoms with Gasteiger partial charge in [0.25, 0.3) is 0 Å². The molecule has 1 rings (SSSR count). The van der Waals surface area contributed by atoms with Gasteiger partial charge in [-0.25, -0.2) is 12.7 Å². The number of benzene rings is 1. The molecule has 104 valence electrons. The fourth-order valence-corrected chi connectivity index (χ4v) is 3.01. The summed E-state index contributed by atoms with van der Waals surface area (Å²) < 4.78 is 26.0. The zero-order valence-corrected chi connectivity index (χ0v) is 12.4. The van der Waals surface area contributed by atoms with Crippen LogP contribution in [0.4, 0.5) is 0 Å². The normalized spacial score (nSPS) is 13.2. The van der Waals surface area contributed by atoms with E-state index in [0.29, 0.717) is 18.9 Å². The lowest BCUT2D eigenvalue weighted by molar-refractivity contribution is 0.393. The molecule has 0 amide bonds. The Kier molecular flexibility index (Phi) is 5.52. The van der Waals surface area contributed by atoms with Crippen LogP contribution in [0.5, 0.6) is 0 Å². The van der Waals surface area contributed by atoms with Gasteiger partial charge in [0, 0.05) is 13.6 Å². The van der Waals surface area contributed by atoms with Gasteiger partial charge < -0.3 is 0 Å². The van der Waals surface area contributed by atoms with Gasteiger partial charge in [-0.3, -0.25) is 0 Å². The van der Waals surface area contributed by atoms with Crippen LogP contribution in [0.25, 0.3) is 0 Å². The van der Waals surface area contributed by atoms with E-state index >= 15 is 0 Å². The standard InChI is InChI=1S/C14H20N2O2S/c1-4-12(2)11-16(3)19(17,18)14-7-5-13(6-8-14)9-10-15/h5-8,12H,4,9,11H2,1-3H3. The van der Waals surface area contributed by atoms with Crippen molar-refractivity contribution in [2.45, 2.75) is 31.6 Å². The highest BCUT2D eigenvalue weighted by atomic mass is 32.2. The first kappa shape index (κ1) is 15.7. The lowest BCUT2D eigenvalue weighted by atomic mass is 10.1. The van der Waals surface area contributed by atoms with Crippen LogP contribution in [-0.2, 0) is 16.4 Å². The van der Waals surface area contributed by atoms with Crippen molar-refractivity contribution in [1.82, 2.24) is 4.31 Å². The smallest absolute Gasteiger partial charge is 0.207 e. The van der Waals surface area contributed by atoms with Crippen LogP contribution in [0.2, 0.25) is 0 Å². The minimum Gasteiger partial charge on any atom is -0.207 e. The van der Waals surface area contributed by atoms with E-state index in [4.69, 9.17) is 5.26 Å². The van der Waals surface area contributed by atoms with Gasteiger partial charge in [0.1, 0.15) is 0 Å². The van der Waals surface area contributed by atoms with Crippen molar-refractivity contribution in [1.29, 1.82) is 5.26 Å². The predicted octanol–water partition coefficient (Wildman–Crippen LogP) is 2.42. The highest BCUT2D eigenvalue weighted by molar-refractivity contribution is 7.89. The van der Waals surface area contributed by atoms with Crippen LogP contribution in [-0.4, -0.2) is 26.3 Å². The molecule has 0 heterocycles. The molecule has 0 N–H and O–H groups in total. The average molecular weight is 280 g/mol. The first-order valence-corrected chi connectivity index (χ1v) is 7.78. The number of hydrogen-bond donors (Lipinski definition) is 0. The molecule has 1 aromatic carbocycles. The van der Waals surface area contributed by atoms with Gasteiger partial charge in [-0.2, -0.15) is 5.26 Å². The van der Waals surface area contributed by atoms with Crippen LogP contribution in [0, 0.1) is 17.2 Å². The van der Waals surface area contributed by atoms with Gasteiger partial charge in [0.15, 0.2) is 0 Å². The predicted molar refractivity (Wildman–Crippen MR) is 75.0 cm³/mol. The highest BCUT2D eigenvalue weighted by Gasteiger charge is 2.21. The Labute approximate surface area is 115 Å². The third-order valence-corrected chi connectivity index (χ3v) is 5.02. The summed E-state index contributed by atoms with van der Waals surface area (Å²) in [4.78, 5) is 0.278. The second-order valence-corrected chi connectivity index (χ2v) is 6.82. The maximum atomic E-state index is 12.3. The van der Waals surface area contributed by atoms with Gasteiger partial charge in [-0.05, 0) is 23.6 Å². The van der Waals surface area contributed by atoms with Crippen molar-refractivity contribution in [2.75, 3.05) is 13.6 Å². The maximum Gasteiger partial charge on any atom is 0.242 e. The van der Waals surface area contributed by atoms with E-state index in [-0.39, 0.29) is 4.90 Å². The molecule has 0 fully saturated rings. The van der Waals surface area contributed by atoms with Gasteiger partial charge >= 0.3 is 0 Å². The Hall–Kier alpha value is -1.38. The molecule has 1 atom stereocenters. The van der Waals surface area contributed by atoms with Crippen molar-refractivity contribution in [2.24, 2.45) is 5.92 Å². The fraction of sp³-hybridized carbons (Fsp3) is 0.500. The van der Waals surface area contributed by atoms with E-state index in [1.54, 1.807) is 31.3 Å². The molecular weight excluding hydrogens is 260 g/mol. The molecule has 0 radical (unpaired) electrons. The van der Waals surface area contributed by atoms with E-state index in [1.807, 2.05) is 19.9 Å². The largest absolute Gasteiger partial charge is 0.242 e. The minimum absolute atomic E-state index is 0.278. The second kappa shape index (κ2) is 6.69. The monoisotopic (exact) mass is 280 g/mol. The molecule has 1 unspecified atom stereocenters. The van der Waals surface area contributed by atoms with E-state index in [0.717, 1.165) is 12.0 Å². The zero-order chi connectivity index (χ0) is 14.5. The molecule has 19 heavy (non-hydrogen) atoms. The summed E-state index contributed by atoms with van der Waals surface area (Å²) in [6, 6.07) is 8.54. The Balaban J connectivity index is 2.91. The first-order chi connectivity index (χ1) is 8.91. The SMILES string of the molecule is CCC(C)CN(C)S(=O)(=O)c1ccc(CC#N)cc1. The summed E-state index contributed by atoms with van der Waals surface area (Å²) in [6.07, 6.45) is 1.24. The van der Waals surface area contributed by atoms with Crippen molar-refractivity contribution >= 4 is 10.0 Å². The summed E-state index contributed by atoms with van der Waals surface area (Å²) in [5, 5.41) is 8.59. The summed E-state index contributed by atoms with van der Waals surface area (Å²) >= 11 is 0. The maximum absolute atomic E-state index is 12.3. The Morgan fingerprint density at radius 1 is 1.32 bits per heavy atom. The summed E-state index contributed by atoms with van der Waals surface area (Å²) in [5.74, 6) is 0.331. The number of nitriles is 1. The molecule has 0 bridgehead atoms. The third kappa shape index (κ3) is 4.05. The third-order valence-electron chi connectivity index (χ3n) is 3.18. The molecule has 0 aliphatic carbocycles. The number of sulfonamides is 1. The Morgan fingerprint density at radius 2 is 1.89 bits per heavy atom. The van der Waals surface area contributed by atoms with Gasteiger partial charge in [0.2, 0.25) is 10.0 Å². The average Bonchev–Trinajstić information content (AvgIpc) is 2.39. The van der Waals surface area contributed by atoms with Crippen molar-refractivity contribution in [3.8, 4) is 6.07 Å². The molecule has 0 spiro atoms. The summed E-state index contributed by atoms with van der Waals surface area (Å²) in [6.45, 7) is 4.59. The molecule has 0 saturated heterocycles. The minimum atomic E-state index is -3.43. The van der Waals surface area contributed by atoms with Crippen LogP contribution in [0.15, 0.2) is 29.2 Å². The lowest BCUT2D eigenvalue weighted by Crippen LogP contribution is -2.31. The molecule has 5 heteroatoms. The van der Waals surface area contributed by atoms with Gasteiger partial charge in [-0.1, -0.05) is 32.4 Å². The lowest BCUT2D eigenvalue weighted by Gasteiger charge is -2.20. The highest BCUT2D eigenvalue weighted by Crippen LogP contribution is 2.17. The molecule has 0 aliphatic heterocycles. The molecule has 4 nitrogen and oxygen atoms in total. The van der Waals surface area contributed by atoms with Crippen LogP contribution in [0.1, 0.15) is 25.8 Å². The van der Waals surface area contributed by atoms with Crippen LogP contribution < -0.4 is 0 Å². The number of rotatable bonds is 6. The summed E-state index contributed by atoms with van der Waals surface area (Å²) in [5.41, 5.74) is 0.825. The molecule has 0 aliphatic rings. The number of hydrogen-bond acceptors (Lipinski definition) is 3. The summed E-state index contributed by atoms with van der Waals surface area (Å²) in [7, 11) is -1.82. The van der Waals surface area contributed by atoms with E-state index in [1.165, 1.54) is 4.31 Å². The topological polar surface area (TPSA) is 61.2 Å². The zero-order valence-electron chi connectivity index (χ0n) is 11.6. The van der Waals surface area contributed by atoms with E-state index < -0.39 is 10.0 Å². The van der Waals surface area contributed by atoms with Crippen molar-refractivity contribution in [3.05, 3.63) is 29.8 Å². The second-order valence-electron chi connectivity index (χ2n) is 4.78. The molecule has 0 aromatic heterocycles. The van der Waals surface area contributed by atoms with Crippen molar-refractivity contribution < 1.29 is 8.42 Å². The van der Waals surface area contributed by atoms with Gasteiger partial charge in [0.05, 0.1) is 17.4 Å². The van der Waals surface area contributed by atoms with Crippen LogP contribution in [0.3, 0.4) is 0 Å². The van der Waals surface area contributed by atoms with E-state index in [9.17, 15) is 8.42 Å². The van der Waals surface area contributed by atoms with Crippen LogP contribution >= 0.6 is 0 Å². The Bertz CT molecular complexity index is 544. The first-order valence-electron chi connectivity index (χ1n) is 6.34. The molecular formula is C14H20N2O2S. The van der Waals surface area contributed by atoms with Gasteiger partial charge in [-0.15, -0.1) is 0 Å². The fourth-order valence-electron chi connectivity index (χ4n) is 1.72. The molecule has 1 aromatic rings. The Morgan fingerprint density at radius 3 is 2.37 bits per heavy atom. The number of nitrogens with zero attached hydrogens (tertiary/aromatic N) is 2. The van der Waals surface area contributed by atoms with E-state index in [2.05, 4.69) is 0 Å². The molecule has 0 saturated carbocycles. The van der Waals surface area contributed by atoms with Crippen molar-refractivity contribution in [3.63, 3.8) is 0 Å².